The number of halogens is 3. The Morgan fingerprint density at radius 2 is 1.75 bits per heavy atom. The number of pyridine rings is 1. The Bertz CT molecular complexity index is 1130. The molecule has 4 rings (SSSR count). The van der Waals surface area contributed by atoms with Gasteiger partial charge in [-0.3, -0.25) is 4.90 Å². The highest BCUT2D eigenvalue weighted by Gasteiger charge is 2.29. The summed E-state index contributed by atoms with van der Waals surface area (Å²) in [5.41, 5.74) is 1.74. The molecule has 1 saturated heterocycles. The summed E-state index contributed by atoms with van der Waals surface area (Å²) in [6, 6.07) is 6.49. The Balaban J connectivity index is 1.42. The first-order valence-electron chi connectivity index (χ1n) is 8.63. The molecule has 0 atom stereocenters. The molecule has 3 aromatic rings. The number of hydrogen-bond donors (Lipinski definition) is 0. The van der Waals surface area contributed by atoms with Crippen molar-refractivity contribution in [2.45, 2.75) is 11.4 Å². The van der Waals surface area contributed by atoms with E-state index in [9.17, 15) is 17.2 Å². The van der Waals surface area contributed by atoms with Crippen LogP contribution >= 0.6 is 15.9 Å². The zero-order valence-corrected chi connectivity index (χ0v) is 17.1. The van der Waals surface area contributed by atoms with Crippen LogP contribution in [-0.4, -0.2) is 53.2 Å². The van der Waals surface area contributed by atoms with Gasteiger partial charge in [0.25, 0.3) is 0 Å². The third-order valence-electron chi connectivity index (χ3n) is 4.71. The van der Waals surface area contributed by atoms with Crippen molar-refractivity contribution in [1.29, 1.82) is 0 Å². The van der Waals surface area contributed by atoms with Gasteiger partial charge in [-0.05, 0) is 46.3 Å². The summed E-state index contributed by atoms with van der Waals surface area (Å²) < 4.78 is 56.0. The summed E-state index contributed by atoms with van der Waals surface area (Å²) in [5, 5.41) is 0. The lowest BCUT2D eigenvalue weighted by Crippen LogP contribution is -2.48. The van der Waals surface area contributed by atoms with Crippen molar-refractivity contribution in [2.24, 2.45) is 0 Å². The van der Waals surface area contributed by atoms with Gasteiger partial charge < -0.3 is 4.40 Å². The summed E-state index contributed by atoms with van der Waals surface area (Å²) >= 11 is 3.43. The lowest BCUT2D eigenvalue weighted by atomic mass is 10.3. The van der Waals surface area contributed by atoms with Gasteiger partial charge in [0, 0.05) is 49.6 Å². The van der Waals surface area contributed by atoms with E-state index >= 15 is 0 Å². The van der Waals surface area contributed by atoms with E-state index in [1.54, 1.807) is 0 Å². The molecule has 1 aliphatic heterocycles. The van der Waals surface area contributed by atoms with Crippen molar-refractivity contribution >= 4 is 31.6 Å². The van der Waals surface area contributed by atoms with Crippen molar-refractivity contribution in [3.8, 4) is 0 Å². The van der Waals surface area contributed by atoms with E-state index in [2.05, 4.69) is 25.8 Å². The van der Waals surface area contributed by atoms with Gasteiger partial charge in [0.1, 0.15) is 5.65 Å². The number of aromatic nitrogens is 2. The molecule has 3 heterocycles. The molecule has 0 aliphatic carbocycles. The average Bonchev–Trinajstić information content (AvgIpc) is 3.05. The molecule has 1 fully saturated rings. The van der Waals surface area contributed by atoms with Gasteiger partial charge in [-0.25, -0.2) is 22.2 Å². The Hall–Kier alpha value is -1.88. The zero-order chi connectivity index (χ0) is 19.9. The number of benzene rings is 1. The van der Waals surface area contributed by atoms with Crippen LogP contribution in [0.2, 0.25) is 0 Å². The quantitative estimate of drug-likeness (QED) is 0.588. The number of sulfonamides is 1. The Morgan fingerprint density at radius 1 is 1.00 bits per heavy atom. The first-order valence-corrected chi connectivity index (χ1v) is 10.9. The molecule has 1 aliphatic rings. The molecule has 1 aromatic carbocycles. The van der Waals surface area contributed by atoms with Crippen LogP contribution in [0, 0.1) is 11.6 Å². The second-order valence-corrected chi connectivity index (χ2v) is 9.45. The predicted octanol–water partition coefficient (Wildman–Crippen LogP) is 2.88. The van der Waals surface area contributed by atoms with Crippen LogP contribution in [0.3, 0.4) is 0 Å². The average molecular weight is 471 g/mol. The van der Waals surface area contributed by atoms with E-state index in [1.807, 2.05) is 28.9 Å². The number of nitrogens with zero attached hydrogens (tertiary/aromatic N) is 4. The molecule has 0 saturated carbocycles. The molecule has 0 spiro atoms. The van der Waals surface area contributed by atoms with Gasteiger partial charge in [0.15, 0.2) is 11.6 Å². The topological polar surface area (TPSA) is 57.9 Å². The maximum Gasteiger partial charge on any atom is 0.243 e. The molecule has 0 radical (unpaired) electrons. The van der Waals surface area contributed by atoms with E-state index in [4.69, 9.17) is 0 Å². The molecule has 148 valence electrons. The summed E-state index contributed by atoms with van der Waals surface area (Å²) in [5.74, 6) is -2.23. The maximum atomic E-state index is 13.4. The summed E-state index contributed by atoms with van der Waals surface area (Å²) in [6.07, 6.45) is 3.88. The minimum atomic E-state index is -3.85. The largest absolute Gasteiger partial charge is 0.306 e. The first kappa shape index (κ1) is 19.4. The minimum absolute atomic E-state index is 0.231. The summed E-state index contributed by atoms with van der Waals surface area (Å²) in [7, 11) is -3.85. The monoisotopic (exact) mass is 470 g/mol. The maximum absolute atomic E-state index is 13.4. The van der Waals surface area contributed by atoms with E-state index < -0.39 is 21.7 Å². The van der Waals surface area contributed by atoms with E-state index in [1.165, 1.54) is 4.31 Å². The van der Waals surface area contributed by atoms with Crippen molar-refractivity contribution in [1.82, 2.24) is 18.6 Å². The van der Waals surface area contributed by atoms with Gasteiger partial charge in [0.2, 0.25) is 10.0 Å². The Morgan fingerprint density at radius 3 is 2.46 bits per heavy atom. The smallest absolute Gasteiger partial charge is 0.243 e. The van der Waals surface area contributed by atoms with E-state index in [0.717, 1.165) is 34.0 Å². The van der Waals surface area contributed by atoms with Crippen LogP contribution in [0.4, 0.5) is 8.78 Å². The van der Waals surface area contributed by atoms with Crippen molar-refractivity contribution in [2.75, 3.05) is 26.2 Å². The number of hydrogen-bond acceptors (Lipinski definition) is 4. The van der Waals surface area contributed by atoms with Crippen molar-refractivity contribution in [3.63, 3.8) is 0 Å². The fourth-order valence-corrected chi connectivity index (χ4v) is 5.02. The molecular weight excluding hydrogens is 454 g/mol. The van der Waals surface area contributed by atoms with Gasteiger partial charge >= 0.3 is 0 Å². The van der Waals surface area contributed by atoms with Crippen LogP contribution in [0.25, 0.3) is 5.65 Å². The molecule has 0 bridgehead atoms. The fraction of sp³-hybridized carbons (Fsp3) is 0.278. The van der Waals surface area contributed by atoms with E-state index in [-0.39, 0.29) is 18.0 Å². The van der Waals surface area contributed by atoms with Crippen molar-refractivity contribution < 1.29 is 17.2 Å². The van der Waals surface area contributed by atoms with Crippen molar-refractivity contribution in [3.05, 3.63) is 64.5 Å². The molecule has 28 heavy (non-hydrogen) atoms. The highest BCUT2D eigenvalue weighted by Crippen LogP contribution is 2.21. The number of rotatable bonds is 4. The van der Waals surface area contributed by atoms with Crippen LogP contribution < -0.4 is 0 Å². The van der Waals surface area contributed by atoms with Gasteiger partial charge in [-0.1, -0.05) is 0 Å². The zero-order valence-electron chi connectivity index (χ0n) is 14.7. The second-order valence-electron chi connectivity index (χ2n) is 6.60. The van der Waals surface area contributed by atoms with Crippen LogP contribution in [0.15, 0.2) is 52.1 Å². The highest BCUT2D eigenvalue weighted by atomic mass is 79.9. The van der Waals surface area contributed by atoms with Crippen LogP contribution in [0.1, 0.15) is 5.69 Å². The number of piperazine rings is 1. The third-order valence-corrected chi connectivity index (χ3v) is 7.07. The first-order chi connectivity index (χ1) is 13.3. The molecule has 2 aromatic heterocycles. The lowest BCUT2D eigenvalue weighted by Gasteiger charge is -2.33. The van der Waals surface area contributed by atoms with Gasteiger partial charge in [0.05, 0.1) is 10.6 Å². The standard InChI is InChI=1S/C18H17BrF2N4O2S/c19-13-1-4-18-22-14(12-24(18)10-13)11-23-5-7-25(8-6-23)28(26,27)15-2-3-16(20)17(21)9-15/h1-4,9-10,12H,5-8,11H2. The van der Waals surface area contributed by atoms with E-state index in [0.29, 0.717) is 19.6 Å². The molecular formula is C18H17BrF2N4O2S. The predicted molar refractivity (Wildman–Crippen MR) is 103 cm³/mol. The van der Waals surface area contributed by atoms with Crippen LogP contribution in [-0.2, 0) is 16.6 Å². The second kappa shape index (κ2) is 7.51. The SMILES string of the molecule is O=S(=O)(c1ccc(F)c(F)c1)N1CCN(Cc2cn3cc(Br)ccc3n2)CC1. The van der Waals surface area contributed by atoms with Crippen LogP contribution in [0.5, 0.6) is 0 Å². The van der Waals surface area contributed by atoms with Gasteiger partial charge in [-0.2, -0.15) is 4.31 Å². The number of fused-ring (bicyclic) bond motifs is 1. The molecule has 0 N–H and O–H groups in total. The van der Waals surface area contributed by atoms with Gasteiger partial charge in [-0.15, -0.1) is 0 Å². The third kappa shape index (κ3) is 3.82. The fourth-order valence-electron chi connectivity index (χ4n) is 3.24. The Labute approximate surface area is 169 Å². The molecule has 0 amide bonds. The Kier molecular flexibility index (Phi) is 5.21. The molecule has 10 heteroatoms. The molecule has 6 nitrogen and oxygen atoms in total. The molecule has 0 unspecified atom stereocenters. The minimum Gasteiger partial charge on any atom is -0.306 e. The highest BCUT2D eigenvalue weighted by molar-refractivity contribution is 9.10. The summed E-state index contributed by atoms with van der Waals surface area (Å²) in [6.45, 7) is 2.22. The summed E-state index contributed by atoms with van der Waals surface area (Å²) in [4.78, 5) is 6.46. The normalized spacial score (nSPS) is 16.7. The number of imidazole rings is 1. The lowest BCUT2D eigenvalue weighted by molar-refractivity contribution is 0.180.